The lowest BCUT2D eigenvalue weighted by molar-refractivity contribution is -0.0716. The Morgan fingerprint density at radius 2 is 1.94 bits per heavy atom. The zero-order valence-corrected chi connectivity index (χ0v) is 9.77. The van der Waals surface area contributed by atoms with Crippen molar-refractivity contribution in [1.29, 1.82) is 0 Å². The first-order valence-corrected chi connectivity index (χ1v) is 4.53. The fraction of sp³-hybridized carbons (Fsp3) is 0.400. The standard InChI is InChI=1S/C10H12F3NO2.ClH/c1-5-2-3-6(8(16)7(5)11)9(14)10(12,13)4-15;/h2-3,9,15-16H,4,14H2,1H3;1H/t9-;/m0./s1. The van der Waals surface area contributed by atoms with E-state index >= 15 is 0 Å². The van der Waals surface area contributed by atoms with Gasteiger partial charge in [0.25, 0.3) is 5.92 Å². The van der Waals surface area contributed by atoms with Crippen LogP contribution in [-0.4, -0.2) is 22.7 Å². The average Bonchev–Trinajstić information content (AvgIpc) is 2.25. The Labute approximate surface area is 102 Å². The van der Waals surface area contributed by atoms with Gasteiger partial charge in [-0.3, -0.25) is 0 Å². The summed E-state index contributed by atoms with van der Waals surface area (Å²) in [5.74, 6) is -5.50. The van der Waals surface area contributed by atoms with Gasteiger partial charge in [-0.1, -0.05) is 12.1 Å². The summed E-state index contributed by atoms with van der Waals surface area (Å²) in [5.41, 5.74) is 4.86. The molecule has 0 aliphatic heterocycles. The zero-order chi connectivity index (χ0) is 12.5. The number of alkyl halides is 2. The number of aryl methyl sites for hydroxylation is 1. The molecule has 1 aromatic rings. The molecule has 0 aliphatic rings. The Bertz CT molecular complexity index is 401. The topological polar surface area (TPSA) is 66.5 Å². The van der Waals surface area contributed by atoms with Crippen molar-refractivity contribution in [2.75, 3.05) is 6.61 Å². The van der Waals surface area contributed by atoms with Gasteiger partial charge in [-0.25, -0.2) is 13.2 Å². The summed E-state index contributed by atoms with van der Waals surface area (Å²) in [4.78, 5) is 0. The summed E-state index contributed by atoms with van der Waals surface area (Å²) in [6.45, 7) is -0.0857. The van der Waals surface area contributed by atoms with Crippen LogP contribution in [0.15, 0.2) is 12.1 Å². The van der Waals surface area contributed by atoms with Crippen LogP contribution in [-0.2, 0) is 0 Å². The number of halogens is 4. The second-order valence-corrected chi connectivity index (χ2v) is 3.53. The summed E-state index contributed by atoms with van der Waals surface area (Å²) < 4.78 is 39.3. The van der Waals surface area contributed by atoms with Gasteiger partial charge in [0, 0.05) is 5.56 Å². The van der Waals surface area contributed by atoms with Crippen LogP contribution in [0.1, 0.15) is 17.2 Å². The summed E-state index contributed by atoms with van der Waals surface area (Å²) in [5, 5.41) is 17.8. The largest absolute Gasteiger partial charge is 0.505 e. The number of benzene rings is 1. The van der Waals surface area contributed by atoms with Gasteiger partial charge in [-0.2, -0.15) is 0 Å². The van der Waals surface area contributed by atoms with Gasteiger partial charge >= 0.3 is 0 Å². The zero-order valence-electron chi connectivity index (χ0n) is 8.95. The van der Waals surface area contributed by atoms with Crippen molar-refractivity contribution in [2.24, 2.45) is 5.73 Å². The predicted molar refractivity (Wildman–Crippen MR) is 59.0 cm³/mol. The van der Waals surface area contributed by atoms with Crippen LogP contribution in [0.2, 0.25) is 0 Å². The lowest BCUT2D eigenvalue weighted by atomic mass is 9.99. The highest BCUT2D eigenvalue weighted by Crippen LogP contribution is 2.35. The Morgan fingerprint density at radius 3 is 2.41 bits per heavy atom. The van der Waals surface area contributed by atoms with Crippen molar-refractivity contribution >= 4 is 12.4 Å². The van der Waals surface area contributed by atoms with Gasteiger partial charge in [-0.15, -0.1) is 12.4 Å². The third kappa shape index (κ3) is 3.02. The van der Waals surface area contributed by atoms with E-state index in [9.17, 15) is 18.3 Å². The quantitative estimate of drug-likeness (QED) is 0.786. The molecule has 17 heavy (non-hydrogen) atoms. The van der Waals surface area contributed by atoms with Crippen molar-refractivity contribution in [2.45, 2.75) is 18.9 Å². The van der Waals surface area contributed by atoms with E-state index in [0.717, 1.165) is 6.07 Å². The maximum Gasteiger partial charge on any atom is 0.289 e. The highest BCUT2D eigenvalue weighted by Gasteiger charge is 2.39. The number of aliphatic hydroxyl groups is 1. The maximum atomic E-state index is 13.2. The first-order chi connectivity index (χ1) is 7.31. The van der Waals surface area contributed by atoms with E-state index in [0.29, 0.717) is 0 Å². The molecule has 0 saturated carbocycles. The summed E-state index contributed by atoms with van der Waals surface area (Å²) >= 11 is 0. The Morgan fingerprint density at radius 1 is 1.41 bits per heavy atom. The Kier molecular flexibility index (Phi) is 5.25. The number of aliphatic hydroxyl groups excluding tert-OH is 1. The average molecular weight is 272 g/mol. The monoisotopic (exact) mass is 271 g/mol. The van der Waals surface area contributed by atoms with Gasteiger partial charge < -0.3 is 15.9 Å². The molecule has 1 atom stereocenters. The SMILES string of the molecule is Cc1ccc([C@H](N)C(F)(F)CO)c(O)c1F.Cl. The molecule has 0 heterocycles. The van der Waals surface area contributed by atoms with Crippen molar-refractivity contribution < 1.29 is 23.4 Å². The molecular weight excluding hydrogens is 259 g/mol. The molecule has 3 nitrogen and oxygen atoms in total. The highest BCUT2D eigenvalue weighted by molar-refractivity contribution is 5.85. The van der Waals surface area contributed by atoms with Crippen LogP contribution in [0.25, 0.3) is 0 Å². The van der Waals surface area contributed by atoms with Crippen LogP contribution in [0, 0.1) is 12.7 Å². The summed E-state index contributed by atoms with van der Waals surface area (Å²) in [6, 6.07) is 0.396. The third-order valence-corrected chi connectivity index (χ3v) is 2.34. The number of hydrogen-bond donors (Lipinski definition) is 3. The van der Waals surface area contributed by atoms with Crippen LogP contribution in [0.4, 0.5) is 13.2 Å². The molecule has 0 amide bonds. The number of aromatic hydroxyl groups is 1. The van der Waals surface area contributed by atoms with Crippen molar-refractivity contribution in [1.82, 2.24) is 0 Å². The van der Waals surface area contributed by atoms with Gasteiger partial charge in [0.15, 0.2) is 11.6 Å². The molecule has 7 heteroatoms. The number of nitrogens with two attached hydrogens (primary N) is 1. The lowest BCUT2D eigenvalue weighted by Crippen LogP contribution is -2.36. The molecule has 0 unspecified atom stereocenters. The van der Waals surface area contributed by atoms with Crippen LogP contribution in [0.3, 0.4) is 0 Å². The molecule has 1 rings (SSSR count). The molecule has 4 N–H and O–H groups in total. The van der Waals surface area contributed by atoms with Gasteiger partial charge in [0.05, 0.1) is 0 Å². The molecular formula is C10H13ClF3NO2. The van der Waals surface area contributed by atoms with Crippen LogP contribution >= 0.6 is 12.4 Å². The van der Waals surface area contributed by atoms with Crippen molar-refractivity contribution in [3.05, 3.63) is 29.1 Å². The minimum atomic E-state index is -3.61. The first-order valence-electron chi connectivity index (χ1n) is 4.53. The maximum absolute atomic E-state index is 13.2. The molecule has 0 fully saturated rings. The number of phenolic OH excluding ortho intramolecular Hbond substituents is 1. The molecule has 0 aliphatic carbocycles. The minimum absolute atomic E-state index is 0. The molecule has 0 saturated heterocycles. The molecule has 0 aromatic heterocycles. The van der Waals surface area contributed by atoms with Crippen LogP contribution in [0.5, 0.6) is 5.75 Å². The van der Waals surface area contributed by atoms with E-state index in [2.05, 4.69) is 0 Å². The summed E-state index contributed by atoms with van der Waals surface area (Å²) in [7, 11) is 0. The molecule has 0 spiro atoms. The van der Waals surface area contributed by atoms with Gasteiger partial charge in [0.1, 0.15) is 12.6 Å². The lowest BCUT2D eigenvalue weighted by Gasteiger charge is -2.22. The fourth-order valence-electron chi connectivity index (χ4n) is 1.26. The van der Waals surface area contributed by atoms with Crippen molar-refractivity contribution in [3.8, 4) is 5.75 Å². The minimum Gasteiger partial charge on any atom is -0.505 e. The van der Waals surface area contributed by atoms with Gasteiger partial charge in [-0.05, 0) is 12.5 Å². The Hall–Kier alpha value is -0.980. The first kappa shape index (κ1) is 16.0. The van der Waals surface area contributed by atoms with E-state index in [4.69, 9.17) is 10.8 Å². The number of rotatable bonds is 3. The second kappa shape index (κ2) is 5.57. The molecule has 0 radical (unpaired) electrons. The number of phenols is 1. The van der Waals surface area contributed by atoms with Gasteiger partial charge in [0.2, 0.25) is 0 Å². The van der Waals surface area contributed by atoms with Crippen molar-refractivity contribution in [3.63, 3.8) is 0 Å². The van der Waals surface area contributed by atoms with E-state index in [-0.39, 0.29) is 18.0 Å². The van der Waals surface area contributed by atoms with E-state index in [1.165, 1.54) is 13.0 Å². The normalized spacial score (nSPS) is 13.1. The smallest absolute Gasteiger partial charge is 0.289 e. The Balaban J connectivity index is 0.00000256. The molecule has 0 bridgehead atoms. The third-order valence-electron chi connectivity index (χ3n) is 2.34. The highest BCUT2D eigenvalue weighted by atomic mass is 35.5. The van der Waals surface area contributed by atoms with E-state index in [1.54, 1.807) is 0 Å². The van der Waals surface area contributed by atoms with E-state index in [1.807, 2.05) is 0 Å². The second-order valence-electron chi connectivity index (χ2n) is 3.53. The molecule has 98 valence electrons. The summed E-state index contributed by atoms with van der Waals surface area (Å²) in [6.07, 6.45) is 0. The van der Waals surface area contributed by atoms with Crippen LogP contribution < -0.4 is 5.73 Å². The fourth-order valence-corrected chi connectivity index (χ4v) is 1.26. The number of hydrogen-bond acceptors (Lipinski definition) is 3. The van der Waals surface area contributed by atoms with E-state index < -0.39 is 35.7 Å². The molecule has 1 aromatic carbocycles. The predicted octanol–water partition coefficient (Wildman–Crippen LogP) is 1.89.